The van der Waals surface area contributed by atoms with Gasteiger partial charge in [0.15, 0.2) is 0 Å². The first-order valence-electron chi connectivity index (χ1n) is 6.18. The van der Waals surface area contributed by atoms with Crippen molar-refractivity contribution in [2.24, 2.45) is 0 Å². The van der Waals surface area contributed by atoms with E-state index in [0.717, 1.165) is 11.1 Å². The van der Waals surface area contributed by atoms with E-state index in [4.69, 9.17) is 23.2 Å². The first kappa shape index (κ1) is 15.9. The summed E-state index contributed by atoms with van der Waals surface area (Å²) in [5, 5.41) is 38.0. The molecule has 6 heteroatoms. The molecule has 2 aromatic rings. The van der Waals surface area contributed by atoms with Gasteiger partial charge in [-0.3, -0.25) is 0 Å². The maximum atomic E-state index is 9.67. The molecule has 0 aliphatic heterocycles. The van der Waals surface area contributed by atoms with E-state index in [-0.39, 0.29) is 34.8 Å². The zero-order valence-electron chi connectivity index (χ0n) is 11.0. The zero-order chi connectivity index (χ0) is 15.6. The lowest BCUT2D eigenvalue weighted by atomic mass is 10.0. The molecular weight excluding hydrogens is 315 g/mol. The molecule has 0 aliphatic rings. The minimum atomic E-state index is -0.322. The molecule has 0 spiro atoms. The fourth-order valence-corrected chi connectivity index (χ4v) is 2.64. The summed E-state index contributed by atoms with van der Waals surface area (Å²) in [7, 11) is 0. The van der Waals surface area contributed by atoms with Gasteiger partial charge in [0.1, 0.15) is 11.5 Å². The van der Waals surface area contributed by atoms with Crippen molar-refractivity contribution in [2.45, 2.75) is 19.6 Å². The topological polar surface area (TPSA) is 80.9 Å². The average Bonchev–Trinajstić information content (AvgIpc) is 2.46. The van der Waals surface area contributed by atoms with Crippen molar-refractivity contribution in [1.29, 1.82) is 0 Å². The Morgan fingerprint density at radius 2 is 1.10 bits per heavy atom. The Hall–Kier alpha value is -1.46. The third-order valence-corrected chi connectivity index (χ3v) is 3.73. The van der Waals surface area contributed by atoms with Gasteiger partial charge in [-0.1, -0.05) is 23.2 Å². The normalized spacial score (nSPS) is 10.9. The number of halogens is 2. The van der Waals surface area contributed by atoms with Gasteiger partial charge in [-0.05, 0) is 41.8 Å². The van der Waals surface area contributed by atoms with Gasteiger partial charge in [-0.2, -0.15) is 0 Å². The SMILES string of the molecule is OCc1cc(Cc2cc(Cl)c(O)c(CO)c2)cc(Cl)c1O. The molecule has 0 aliphatic carbocycles. The van der Waals surface area contributed by atoms with Crippen LogP contribution >= 0.6 is 23.2 Å². The Kier molecular flexibility index (Phi) is 4.96. The van der Waals surface area contributed by atoms with Crippen molar-refractivity contribution in [2.75, 3.05) is 0 Å². The van der Waals surface area contributed by atoms with Crippen molar-refractivity contribution in [3.63, 3.8) is 0 Å². The van der Waals surface area contributed by atoms with Crippen LogP contribution in [0.5, 0.6) is 11.5 Å². The maximum absolute atomic E-state index is 9.67. The molecule has 4 nitrogen and oxygen atoms in total. The van der Waals surface area contributed by atoms with Crippen molar-refractivity contribution < 1.29 is 20.4 Å². The van der Waals surface area contributed by atoms with Crippen LogP contribution in [0.2, 0.25) is 10.0 Å². The number of hydrogen-bond donors (Lipinski definition) is 4. The fourth-order valence-electron chi connectivity index (χ4n) is 2.12. The van der Waals surface area contributed by atoms with Crippen LogP contribution in [0.1, 0.15) is 22.3 Å². The van der Waals surface area contributed by atoms with Crippen LogP contribution in [0.25, 0.3) is 0 Å². The lowest BCUT2D eigenvalue weighted by molar-refractivity contribution is 0.275. The minimum absolute atomic E-state index is 0.136. The molecular formula is C15H14Cl2O4. The third-order valence-electron chi connectivity index (χ3n) is 3.15. The second-order valence-corrected chi connectivity index (χ2v) is 5.48. The molecule has 0 fully saturated rings. The van der Waals surface area contributed by atoms with E-state index in [9.17, 15) is 20.4 Å². The second kappa shape index (κ2) is 6.54. The number of hydrogen-bond acceptors (Lipinski definition) is 4. The Balaban J connectivity index is 2.38. The van der Waals surface area contributed by atoms with E-state index in [0.29, 0.717) is 17.5 Å². The van der Waals surface area contributed by atoms with Crippen LogP contribution in [0.15, 0.2) is 24.3 Å². The van der Waals surface area contributed by atoms with Gasteiger partial charge in [0.25, 0.3) is 0 Å². The van der Waals surface area contributed by atoms with Crippen LogP contribution in [0.4, 0.5) is 0 Å². The minimum Gasteiger partial charge on any atom is -0.506 e. The van der Waals surface area contributed by atoms with E-state index < -0.39 is 0 Å². The first-order chi connectivity index (χ1) is 9.96. The lowest BCUT2D eigenvalue weighted by Crippen LogP contribution is -1.95. The molecule has 112 valence electrons. The lowest BCUT2D eigenvalue weighted by Gasteiger charge is -2.11. The molecule has 0 radical (unpaired) electrons. The van der Waals surface area contributed by atoms with Gasteiger partial charge >= 0.3 is 0 Å². The van der Waals surface area contributed by atoms with Crippen LogP contribution in [0, 0.1) is 0 Å². The zero-order valence-corrected chi connectivity index (χ0v) is 12.5. The molecule has 21 heavy (non-hydrogen) atoms. The number of aliphatic hydroxyl groups is 2. The van der Waals surface area contributed by atoms with Crippen LogP contribution in [0.3, 0.4) is 0 Å². The van der Waals surface area contributed by atoms with Gasteiger partial charge in [-0.25, -0.2) is 0 Å². The largest absolute Gasteiger partial charge is 0.506 e. The number of aromatic hydroxyl groups is 2. The molecule has 2 rings (SSSR count). The van der Waals surface area contributed by atoms with Crippen molar-refractivity contribution in [3.8, 4) is 11.5 Å². The summed E-state index contributed by atoms with van der Waals surface area (Å²) >= 11 is 11.8. The first-order valence-corrected chi connectivity index (χ1v) is 6.94. The fraction of sp³-hybridized carbons (Fsp3) is 0.200. The van der Waals surface area contributed by atoms with E-state index in [1.165, 1.54) is 0 Å². The van der Waals surface area contributed by atoms with Crippen LogP contribution in [-0.4, -0.2) is 20.4 Å². The summed E-state index contributed by atoms with van der Waals surface area (Å²) in [4.78, 5) is 0. The predicted octanol–water partition coefficient (Wildman–Crippen LogP) is 2.98. The predicted molar refractivity (Wildman–Crippen MR) is 80.9 cm³/mol. The van der Waals surface area contributed by atoms with E-state index in [2.05, 4.69) is 0 Å². The maximum Gasteiger partial charge on any atom is 0.139 e. The van der Waals surface area contributed by atoms with Crippen molar-refractivity contribution in [3.05, 3.63) is 56.6 Å². The highest BCUT2D eigenvalue weighted by atomic mass is 35.5. The standard InChI is InChI=1S/C15H14Cl2O4/c16-12-4-8(2-10(6-18)14(12)20)1-9-3-11(7-19)15(21)13(17)5-9/h2-5,18-21H,1,6-7H2. The Morgan fingerprint density at radius 3 is 1.43 bits per heavy atom. The molecule has 0 saturated carbocycles. The Bertz CT molecular complexity index is 614. The summed E-state index contributed by atoms with van der Waals surface area (Å²) in [6.07, 6.45) is 0.431. The van der Waals surface area contributed by atoms with E-state index >= 15 is 0 Å². The summed E-state index contributed by atoms with van der Waals surface area (Å²) < 4.78 is 0. The molecule has 0 unspecified atom stereocenters. The summed E-state index contributed by atoms with van der Waals surface area (Å²) in [6.45, 7) is -0.644. The van der Waals surface area contributed by atoms with Crippen LogP contribution in [-0.2, 0) is 19.6 Å². The summed E-state index contributed by atoms with van der Waals surface area (Å²) in [6, 6.07) is 6.46. The molecule has 0 atom stereocenters. The Labute approximate surface area is 131 Å². The molecule has 0 aromatic heterocycles. The van der Waals surface area contributed by atoms with E-state index in [1.54, 1.807) is 24.3 Å². The summed E-state index contributed by atoms with van der Waals surface area (Å²) in [5.74, 6) is -0.273. The molecule has 0 bridgehead atoms. The number of rotatable bonds is 4. The molecule has 0 heterocycles. The second-order valence-electron chi connectivity index (χ2n) is 4.66. The third kappa shape index (κ3) is 3.41. The molecule has 0 amide bonds. The average molecular weight is 329 g/mol. The van der Waals surface area contributed by atoms with Gasteiger partial charge in [0, 0.05) is 11.1 Å². The van der Waals surface area contributed by atoms with Crippen LogP contribution < -0.4 is 0 Å². The highest BCUT2D eigenvalue weighted by molar-refractivity contribution is 6.32. The monoisotopic (exact) mass is 328 g/mol. The Morgan fingerprint density at radius 1 is 0.714 bits per heavy atom. The quantitative estimate of drug-likeness (QED) is 0.695. The number of benzene rings is 2. The van der Waals surface area contributed by atoms with Gasteiger partial charge < -0.3 is 20.4 Å². The highest BCUT2D eigenvalue weighted by Gasteiger charge is 2.11. The van der Waals surface area contributed by atoms with Gasteiger partial charge in [-0.15, -0.1) is 0 Å². The molecule has 4 N–H and O–H groups in total. The van der Waals surface area contributed by atoms with E-state index in [1.807, 2.05) is 0 Å². The van der Waals surface area contributed by atoms with Crippen molar-refractivity contribution in [1.82, 2.24) is 0 Å². The molecule has 0 saturated heterocycles. The molecule has 2 aromatic carbocycles. The smallest absolute Gasteiger partial charge is 0.139 e. The van der Waals surface area contributed by atoms with Crippen molar-refractivity contribution >= 4 is 23.2 Å². The summed E-state index contributed by atoms with van der Waals surface area (Å²) in [5.41, 5.74) is 2.22. The number of phenols is 2. The van der Waals surface area contributed by atoms with Gasteiger partial charge in [0.2, 0.25) is 0 Å². The highest BCUT2D eigenvalue weighted by Crippen LogP contribution is 2.32. The van der Waals surface area contributed by atoms with Gasteiger partial charge in [0.05, 0.1) is 23.3 Å². The number of aliphatic hydroxyl groups excluding tert-OH is 2.